The average molecular weight is 266 g/mol. The number of amides is 3. The quantitative estimate of drug-likeness (QED) is 0.763. The smallest absolute Gasteiger partial charge is 0.258 e. The molecule has 0 spiro atoms. The van der Waals surface area contributed by atoms with E-state index in [1.807, 2.05) is 0 Å². The van der Waals surface area contributed by atoms with Crippen molar-refractivity contribution in [2.75, 3.05) is 9.80 Å². The largest absolute Gasteiger partial charge is 0.278 e. The molecule has 1 aromatic carbocycles. The molecule has 3 rings (SSSR count). The van der Waals surface area contributed by atoms with Crippen LogP contribution in [0.15, 0.2) is 60.8 Å². The lowest BCUT2D eigenvalue weighted by atomic mass is 10.2. The van der Waals surface area contributed by atoms with Gasteiger partial charge in [0.25, 0.3) is 17.7 Å². The first-order valence-electron chi connectivity index (χ1n) is 5.95. The number of hydrogen-bond donors (Lipinski definition) is 0. The van der Waals surface area contributed by atoms with Gasteiger partial charge in [-0.2, -0.15) is 0 Å². The van der Waals surface area contributed by atoms with E-state index in [1.165, 1.54) is 23.1 Å². The molecule has 1 aromatic rings. The van der Waals surface area contributed by atoms with Crippen LogP contribution in [0.3, 0.4) is 0 Å². The number of carbonyl (C=O) groups excluding carboxylic acids is 3. The summed E-state index contributed by atoms with van der Waals surface area (Å²) in [5, 5.41) is 0. The fourth-order valence-electron chi connectivity index (χ4n) is 2.16. The molecule has 2 aliphatic rings. The van der Waals surface area contributed by atoms with Crippen LogP contribution >= 0.6 is 0 Å². The molecule has 0 fully saturated rings. The molecule has 5 nitrogen and oxygen atoms in total. The second-order valence-electron chi connectivity index (χ2n) is 4.36. The van der Waals surface area contributed by atoms with Crippen molar-refractivity contribution in [3.8, 4) is 0 Å². The van der Waals surface area contributed by atoms with Crippen LogP contribution in [0.5, 0.6) is 0 Å². The predicted molar refractivity (Wildman–Crippen MR) is 73.8 cm³/mol. The lowest BCUT2D eigenvalue weighted by Crippen LogP contribution is -2.29. The van der Waals surface area contributed by atoms with E-state index in [0.717, 1.165) is 4.90 Å². The van der Waals surface area contributed by atoms with E-state index in [4.69, 9.17) is 0 Å². The SMILES string of the molecule is C=C1C=CC(=O)N1c1ccc(N2C(=O)C=CC2=O)cc1. The molecule has 20 heavy (non-hydrogen) atoms. The summed E-state index contributed by atoms with van der Waals surface area (Å²) < 4.78 is 0. The molecule has 98 valence electrons. The van der Waals surface area contributed by atoms with Gasteiger partial charge in [-0.1, -0.05) is 6.58 Å². The van der Waals surface area contributed by atoms with Crippen LogP contribution in [0.25, 0.3) is 0 Å². The van der Waals surface area contributed by atoms with E-state index in [9.17, 15) is 14.4 Å². The van der Waals surface area contributed by atoms with Gasteiger partial charge < -0.3 is 0 Å². The molecule has 0 radical (unpaired) electrons. The Bertz CT molecular complexity index is 601. The highest BCUT2D eigenvalue weighted by molar-refractivity contribution is 6.28. The van der Waals surface area contributed by atoms with Crippen LogP contribution in [0.2, 0.25) is 0 Å². The zero-order valence-corrected chi connectivity index (χ0v) is 10.4. The first-order chi connectivity index (χ1) is 9.58. The number of anilines is 2. The zero-order valence-electron chi connectivity index (χ0n) is 10.4. The van der Waals surface area contributed by atoms with Gasteiger partial charge in [0.15, 0.2) is 0 Å². The summed E-state index contributed by atoms with van der Waals surface area (Å²) >= 11 is 0. The molecular formula is C15H10N2O3. The molecule has 2 aliphatic heterocycles. The summed E-state index contributed by atoms with van der Waals surface area (Å²) in [6, 6.07) is 6.59. The van der Waals surface area contributed by atoms with Gasteiger partial charge in [-0.05, 0) is 30.3 Å². The van der Waals surface area contributed by atoms with Crippen molar-refractivity contribution >= 4 is 29.1 Å². The topological polar surface area (TPSA) is 57.7 Å². The highest BCUT2D eigenvalue weighted by Gasteiger charge is 2.26. The van der Waals surface area contributed by atoms with Crippen molar-refractivity contribution < 1.29 is 14.4 Å². The van der Waals surface area contributed by atoms with Gasteiger partial charge in [-0.15, -0.1) is 0 Å². The third-order valence-electron chi connectivity index (χ3n) is 3.10. The highest BCUT2D eigenvalue weighted by Crippen LogP contribution is 2.27. The Hall–Kier alpha value is -2.95. The first kappa shape index (κ1) is 12.1. The molecule has 3 amide bonds. The normalized spacial score (nSPS) is 17.8. The zero-order chi connectivity index (χ0) is 14.3. The molecule has 0 aliphatic carbocycles. The molecule has 2 heterocycles. The third-order valence-corrected chi connectivity index (χ3v) is 3.10. The fraction of sp³-hybridized carbons (Fsp3) is 0. The minimum absolute atomic E-state index is 0.169. The molecule has 0 saturated carbocycles. The van der Waals surface area contributed by atoms with E-state index in [2.05, 4.69) is 6.58 Å². The summed E-state index contributed by atoms with van der Waals surface area (Å²) in [4.78, 5) is 37.3. The lowest BCUT2D eigenvalue weighted by molar-refractivity contribution is -0.120. The van der Waals surface area contributed by atoms with E-state index in [0.29, 0.717) is 17.1 Å². The second kappa shape index (κ2) is 4.31. The van der Waals surface area contributed by atoms with Crippen molar-refractivity contribution in [2.24, 2.45) is 0 Å². The van der Waals surface area contributed by atoms with Crippen molar-refractivity contribution in [3.63, 3.8) is 0 Å². The number of benzene rings is 1. The maximum atomic E-state index is 11.7. The highest BCUT2D eigenvalue weighted by atomic mass is 16.2. The van der Waals surface area contributed by atoms with Crippen LogP contribution in [-0.4, -0.2) is 17.7 Å². The van der Waals surface area contributed by atoms with Crippen molar-refractivity contribution in [2.45, 2.75) is 0 Å². The molecule has 0 N–H and O–H groups in total. The van der Waals surface area contributed by atoms with E-state index in [1.54, 1.807) is 30.3 Å². The summed E-state index contributed by atoms with van der Waals surface area (Å²) in [6.07, 6.45) is 5.53. The second-order valence-corrected chi connectivity index (χ2v) is 4.36. The van der Waals surface area contributed by atoms with Crippen molar-refractivity contribution in [3.05, 3.63) is 60.8 Å². The fourth-order valence-corrected chi connectivity index (χ4v) is 2.16. The van der Waals surface area contributed by atoms with Crippen LogP contribution < -0.4 is 9.80 Å². The van der Waals surface area contributed by atoms with Gasteiger partial charge in [0.2, 0.25) is 0 Å². The molecule has 0 aromatic heterocycles. The number of nitrogens with zero attached hydrogens (tertiary/aromatic N) is 2. The Labute approximate surface area is 115 Å². The van der Waals surface area contributed by atoms with Crippen molar-refractivity contribution in [1.29, 1.82) is 0 Å². The number of rotatable bonds is 2. The van der Waals surface area contributed by atoms with Crippen LogP contribution in [0, 0.1) is 0 Å². The monoisotopic (exact) mass is 266 g/mol. The van der Waals surface area contributed by atoms with E-state index < -0.39 is 0 Å². The Morgan fingerprint density at radius 3 is 1.50 bits per heavy atom. The van der Waals surface area contributed by atoms with Gasteiger partial charge in [0, 0.05) is 29.6 Å². The Balaban J connectivity index is 1.89. The van der Waals surface area contributed by atoms with E-state index >= 15 is 0 Å². The minimum Gasteiger partial charge on any atom is -0.278 e. The Kier molecular flexibility index (Phi) is 2.61. The molecular weight excluding hydrogens is 256 g/mol. The number of allylic oxidation sites excluding steroid dienone is 1. The predicted octanol–water partition coefficient (Wildman–Crippen LogP) is 1.53. The van der Waals surface area contributed by atoms with Crippen LogP contribution in [-0.2, 0) is 14.4 Å². The number of hydrogen-bond acceptors (Lipinski definition) is 3. The van der Waals surface area contributed by atoms with Gasteiger partial charge in [-0.25, -0.2) is 4.90 Å². The van der Waals surface area contributed by atoms with Gasteiger partial charge in [0.1, 0.15) is 0 Å². The lowest BCUT2D eigenvalue weighted by Gasteiger charge is -2.19. The average Bonchev–Trinajstić information content (AvgIpc) is 2.94. The van der Waals surface area contributed by atoms with Gasteiger partial charge >= 0.3 is 0 Å². The Morgan fingerprint density at radius 2 is 1.05 bits per heavy atom. The summed E-state index contributed by atoms with van der Waals surface area (Å²) in [6.45, 7) is 3.78. The Morgan fingerprint density at radius 1 is 0.650 bits per heavy atom. The molecule has 5 heteroatoms. The molecule has 0 unspecified atom stereocenters. The molecule has 0 bridgehead atoms. The van der Waals surface area contributed by atoms with Gasteiger partial charge in [-0.3, -0.25) is 19.3 Å². The summed E-state index contributed by atoms with van der Waals surface area (Å²) in [5.74, 6) is -0.908. The standard InChI is InChI=1S/C15H10N2O3/c1-10-2-7-13(18)16(10)11-3-5-12(6-4-11)17-14(19)8-9-15(17)20/h2-9H,1H2. The molecule has 0 saturated heterocycles. The molecule has 0 atom stereocenters. The van der Waals surface area contributed by atoms with Crippen LogP contribution in [0.4, 0.5) is 11.4 Å². The van der Waals surface area contributed by atoms with E-state index in [-0.39, 0.29) is 17.7 Å². The number of imide groups is 1. The maximum absolute atomic E-state index is 11.7. The van der Waals surface area contributed by atoms with Crippen LogP contribution in [0.1, 0.15) is 0 Å². The summed E-state index contributed by atoms with van der Waals surface area (Å²) in [7, 11) is 0. The maximum Gasteiger partial charge on any atom is 0.258 e. The summed E-state index contributed by atoms with van der Waals surface area (Å²) in [5.41, 5.74) is 1.69. The number of carbonyl (C=O) groups is 3. The minimum atomic E-state index is -0.369. The first-order valence-corrected chi connectivity index (χ1v) is 5.95. The van der Waals surface area contributed by atoms with Crippen molar-refractivity contribution in [1.82, 2.24) is 0 Å². The van der Waals surface area contributed by atoms with Gasteiger partial charge in [0.05, 0.1) is 5.69 Å². The third kappa shape index (κ3) is 1.76.